The molecule has 0 spiro atoms. The average molecular weight is 343 g/mol. The second-order valence-corrected chi connectivity index (χ2v) is 5.20. The van der Waals surface area contributed by atoms with E-state index < -0.39 is 0 Å². The summed E-state index contributed by atoms with van der Waals surface area (Å²) in [5.74, 6) is 0. The lowest BCUT2D eigenvalue weighted by Crippen LogP contribution is -2.16. The van der Waals surface area contributed by atoms with E-state index in [1.54, 1.807) is 23.7 Å². The summed E-state index contributed by atoms with van der Waals surface area (Å²) in [6.07, 6.45) is 0. The number of halogens is 2. The van der Waals surface area contributed by atoms with Crippen LogP contribution in [0.3, 0.4) is 0 Å². The maximum Gasteiger partial charge on any atom is 0.250 e. The molecular weight excluding hydrogens is 334 g/mol. The van der Waals surface area contributed by atoms with Gasteiger partial charge in [0.1, 0.15) is 0 Å². The average Bonchev–Trinajstić information content (AvgIpc) is 2.23. The molecule has 0 saturated carbocycles. The zero-order valence-corrected chi connectivity index (χ0v) is 11.7. The highest BCUT2D eigenvalue weighted by Crippen LogP contribution is 2.29. The zero-order chi connectivity index (χ0) is 11.7. The van der Waals surface area contributed by atoms with Gasteiger partial charge < -0.3 is 4.57 Å². The Morgan fingerprint density at radius 3 is 2.56 bits per heavy atom. The Labute approximate surface area is 110 Å². The van der Waals surface area contributed by atoms with Crippen LogP contribution in [-0.4, -0.2) is 4.57 Å². The molecule has 4 heteroatoms. The Morgan fingerprint density at radius 2 is 1.88 bits per heavy atom. The number of rotatable bonds is 1. The van der Waals surface area contributed by atoms with Gasteiger partial charge in [0, 0.05) is 27.6 Å². The summed E-state index contributed by atoms with van der Waals surface area (Å²) < 4.78 is 3.60. The first kappa shape index (κ1) is 11.6. The standard InChI is InChI=1S/C12H9Br2NO/c1-15-11(3-2-4-12(15)16)9-6-5-8(13)7-10(9)14/h2-7H,1H3. The van der Waals surface area contributed by atoms with E-state index >= 15 is 0 Å². The van der Waals surface area contributed by atoms with Crippen molar-refractivity contribution in [2.24, 2.45) is 7.05 Å². The fraction of sp³-hybridized carbons (Fsp3) is 0.0833. The van der Waals surface area contributed by atoms with Gasteiger partial charge in [0.2, 0.25) is 0 Å². The fourth-order valence-electron chi connectivity index (χ4n) is 1.53. The van der Waals surface area contributed by atoms with Gasteiger partial charge in [-0.05, 0) is 18.2 Å². The van der Waals surface area contributed by atoms with Gasteiger partial charge in [-0.3, -0.25) is 4.79 Å². The molecule has 0 aliphatic carbocycles. The summed E-state index contributed by atoms with van der Waals surface area (Å²) >= 11 is 6.90. The molecule has 2 rings (SSSR count). The third-order valence-electron chi connectivity index (χ3n) is 2.39. The molecule has 1 heterocycles. The van der Waals surface area contributed by atoms with Crippen LogP contribution in [0, 0.1) is 0 Å². The molecule has 0 N–H and O–H groups in total. The predicted molar refractivity (Wildman–Crippen MR) is 72.5 cm³/mol. The Kier molecular flexibility index (Phi) is 3.30. The summed E-state index contributed by atoms with van der Waals surface area (Å²) in [6.45, 7) is 0. The second kappa shape index (κ2) is 4.55. The van der Waals surface area contributed by atoms with Crippen molar-refractivity contribution in [3.05, 3.63) is 55.7 Å². The van der Waals surface area contributed by atoms with Crippen LogP contribution in [0.1, 0.15) is 0 Å². The molecule has 2 nitrogen and oxygen atoms in total. The van der Waals surface area contributed by atoms with E-state index in [0.717, 1.165) is 20.2 Å². The minimum absolute atomic E-state index is 0.00711. The highest BCUT2D eigenvalue weighted by atomic mass is 79.9. The lowest BCUT2D eigenvalue weighted by atomic mass is 10.1. The van der Waals surface area contributed by atoms with Crippen LogP contribution in [0.15, 0.2) is 50.1 Å². The van der Waals surface area contributed by atoms with Crippen LogP contribution in [0.5, 0.6) is 0 Å². The number of nitrogens with zero attached hydrogens (tertiary/aromatic N) is 1. The Hall–Kier alpha value is -0.870. The smallest absolute Gasteiger partial charge is 0.250 e. The summed E-state index contributed by atoms with van der Waals surface area (Å²) in [5, 5.41) is 0. The lowest BCUT2D eigenvalue weighted by molar-refractivity contribution is 0.870. The maximum absolute atomic E-state index is 11.5. The van der Waals surface area contributed by atoms with Gasteiger partial charge >= 0.3 is 0 Å². The van der Waals surface area contributed by atoms with E-state index in [1.165, 1.54) is 0 Å². The van der Waals surface area contributed by atoms with E-state index in [2.05, 4.69) is 31.9 Å². The summed E-state index contributed by atoms with van der Waals surface area (Å²) in [7, 11) is 1.77. The van der Waals surface area contributed by atoms with Crippen LogP contribution in [-0.2, 0) is 7.05 Å². The maximum atomic E-state index is 11.5. The van der Waals surface area contributed by atoms with Crippen molar-refractivity contribution in [1.82, 2.24) is 4.57 Å². The van der Waals surface area contributed by atoms with E-state index in [4.69, 9.17) is 0 Å². The van der Waals surface area contributed by atoms with Crippen LogP contribution in [0.4, 0.5) is 0 Å². The molecular formula is C12H9Br2NO. The fourth-order valence-corrected chi connectivity index (χ4v) is 2.78. The van der Waals surface area contributed by atoms with Crippen molar-refractivity contribution in [2.45, 2.75) is 0 Å². The van der Waals surface area contributed by atoms with Gasteiger partial charge in [0.05, 0.1) is 5.69 Å². The van der Waals surface area contributed by atoms with Crippen molar-refractivity contribution in [2.75, 3.05) is 0 Å². The topological polar surface area (TPSA) is 22.0 Å². The first-order valence-electron chi connectivity index (χ1n) is 4.71. The minimum Gasteiger partial charge on any atom is -0.311 e. The Bertz CT molecular complexity index is 590. The number of pyridine rings is 1. The molecule has 0 fully saturated rings. The zero-order valence-electron chi connectivity index (χ0n) is 8.58. The summed E-state index contributed by atoms with van der Waals surface area (Å²) in [5.41, 5.74) is 1.89. The molecule has 0 unspecified atom stereocenters. The van der Waals surface area contributed by atoms with Crippen molar-refractivity contribution in [3.63, 3.8) is 0 Å². The van der Waals surface area contributed by atoms with Gasteiger partial charge in [-0.25, -0.2) is 0 Å². The Balaban J connectivity index is 2.68. The molecule has 82 valence electrons. The molecule has 0 aliphatic heterocycles. The first-order chi connectivity index (χ1) is 7.59. The van der Waals surface area contributed by atoms with Crippen LogP contribution in [0.25, 0.3) is 11.3 Å². The van der Waals surface area contributed by atoms with Gasteiger partial charge in [0.25, 0.3) is 5.56 Å². The van der Waals surface area contributed by atoms with Crippen molar-refractivity contribution >= 4 is 31.9 Å². The van der Waals surface area contributed by atoms with Gasteiger partial charge in [-0.15, -0.1) is 0 Å². The number of hydrogen-bond donors (Lipinski definition) is 0. The molecule has 1 aromatic heterocycles. The van der Waals surface area contributed by atoms with E-state index in [9.17, 15) is 4.79 Å². The highest BCUT2D eigenvalue weighted by Gasteiger charge is 2.06. The lowest BCUT2D eigenvalue weighted by Gasteiger charge is -2.09. The van der Waals surface area contributed by atoms with E-state index in [1.807, 2.05) is 24.3 Å². The van der Waals surface area contributed by atoms with Gasteiger partial charge in [-0.1, -0.05) is 44.0 Å². The van der Waals surface area contributed by atoms with Crippen LogP contribution < -0.4 is 5.56 Å². The summed E-state index contributed by atoms with van der Waals surface area (Å²) in [6, 6.07) is 11.1. The van der Waals surface area contributed by atoms with Crippen molar-refractivity contribution < 1.29 is 0 Å². The first-order valence-corrected chi connectivity index (χ1v) is 6.29. The molecule has 0 aliphatic rings. The second-order valence-electron chi connectivity index (χ2n) is 3.43. The predicted octanol–water partition coefficient (Wildman–Crippen LogP) is 3.58. The molecule has 0 amide bonds. The molecule has 0 saturated heterocycles. The summed E-state index contributed by atoms with van der Waals surface area (Å²) in [4.78, 5) is 11.5. The minimum atomic E-state index is -0.00711. The van der Waals surface area contributed by atoms with Crippen LogP contribution >= 0.6 is 31.9 Å². The van der Waals surface area contributed by atoms with E-state index in [-0.39, 0.29) is 5.56 Å². The molecule has 1 aromatic carbocycles. The number of benzene rings is 1. The number of hydrogen-bond acceptors (Lipinski definition) is 1. The largest absolute Gasteiger partial charge is 0.311 e. The molecule has 0 radical (unpaired) electrons. The van der Waals surface area contributed by atoms with Crippen molar-refractivity contribution in [1.29, 1.82) is 0 Å². The molecule has 0 atom stereocenters. The normalized spacial score (nSPS) is 10.4. The molecule has 2 aromatic rings. The van der Waals surface area contributed by atoms with Gasteiger partial charge in [0.15, 0.2) is 0 Å². The third-order valence-corrected chi connectivity index (χ3v) is 3.54. The highest BCUT2D eigenvalue weighted by molar-refractivity contribution is 9.11. The van der Waals surface area contributed by atoms with E-state index in [0.29, 0.717) is 0 Å². The van der Waals surface area contributed by atoms with Gasteiger partial charge in [-0.2, -0.15) is 0 Å². The monoisotopic (exact) mass is 341 g/mol. The Morgan fingerprint density at radius 1 is 1.12 bits per heavy atom. The van der Waals surface area contributed by atoms with Crippen molar-refractivity contribution in [3.8, 4) is 11.3 Å². The quantitative estimate of drug-likeness (QED) is 0.776. The number of aromatic nitrogens is 1. The van der Waals surface area contributed by atoms with Crippen LogP contribution in [0.2, 0.25) is 0 Å². The molecule has 16 heavy (non-hydrogen) atoms. The SMILES string of the molecule is Cn1c(-c2ccc(Br)cc2Br)cccc1=O. The third kappa shape index (κ3) is 2.13. The molecule has 0 bridgehead atoms.